The number of likely N-dealkylation sites (tertiary alicyclic amines) is 1. The third-order valence-electron chi connectivity index (χ3n) is 3.13. The van der Waals surface area contributed by atoms with Crippen molar-refractivity contribution in [1.82, 2.24) is 9.88 Å². The van der Waals surface area contributed by atoms with Crippen LogP contribution in [0.15, 0.2) is 18.5 Å². The molecule has 1 saturated heterocycles. The maximum Gasteiger partial charge on any atom is 0.258 e. The van der Waals surface area contributed by atoms with E-state index in [-0.39, 0.29) is 29.9 Å². The lowest BCUT2D eigenvalue weighted by atomic mass is 10.0. The summed E-state index contributed by atoms with van der Waals surface area (Å²) in [6.45, 7) is 0.601. The lowest BCUT2D eigenvalue weighted by Crippen LogP contribution is -2.45. The van der Waals surface area contributed by atoms with E-state index in [1.165, 1.54) is 18.5 Å². The Bertz CT molecular complexity index is 408. The third kappa shape index (κ3) is 2.39. The van der Waals surface area contributed by atoms with Gasteiger partial charge in [0.05, 0.1) is 24.4 Å². The molecule has 1 aromatic rings. The van der Waals surface area contributed by atoms with Crippen molar-refractivity contribution in [3.8, 4) is 5.75 Å². The largest absolute Gasteiger partial charge is 0.505 e. The summed E-state index contributed by atoms with van der Waals surface area (Å²) in [6, 6.07) is 1.37. The summed E-state index contributed by atoms with van der Waals surface area (Å²) in [5.41, 5.74) is 0.250. The summed E-state index contributed by atoms with van der Waals surface area (Å²) in [5.74, 6) is -0.344. The molecule has 0 aliphatic carbocycles. The van der Waals surface area contributed by atoms with E-state index in [1.54, 1.807) is 4.90 Å². The van der Waals surface area contributed by atoms with Crippen LogP contribution in [0.3, 0.4) is 0 Å². The van der Waals surface area contributed by atoms with E-state index in [4.69, 9.17) is 0 Å². The molecule has 0 saturated carbocycles. The monoisotopic (exact) mass is 236 g/mol. The molecule has 0 radical (unpaired) electrons. The lowest BCUT2D eigenvalue weighted by molar-refractivity contribution is 0.0500. The molecular formula is C12H16N2O3. The van der Waals surface area contributed by atoms with E-state index in [0.29, 0.717) is 6.54 Å². The average molecular weight is 236 g/mol. The zero-order valence-electron chi connectivity index (χ0n) is 9.54. The van der Waals surface area contributed by atoms with Gasteiger partial charge in [-0.2, -0.15) is 0 Å². The molecule has 1 atom stereocenters. The zero-order valence-corrected chi connectivity index (χ0v) is 9.54. The number of piperidine rings is 1. The summed E-state index contributed by atoms with van der Waals surface area (Å²) >= 11 is 0. The number of pyridine rings is 1. The second-order valence-corrected chi connectivity index (χ2v) is 4.22. The van der Waals surface area contributed by atoms with Crippen LogP contribution in [0.1, 0.15) is 29.6 Å². The number of aliphatic hydroxyl groups is 1. The molecule has 1 amide bonds. The van der Waals surface area contributed by atoms with Gasteiger partial charge < -0.3 is 15.1 Å². The van der Waals surface area contributed by atoms with Crippen LogP contribution in [-0.2, 0) is 0 Å². The third-order valence-corrected chi connectivity index (χ3v) is 3.13. The summed E-state index contributed by atoms with van der Waals surface area (Å²) in [6.07, 6.45) is 5.51. The van der Waals surface area contributed by atoms with Gasteiger partial charge in [0.25, 0.3) is 5.91 Å². The van der Waals surface area contributed by atoms with Gasteiger partial charge in [-0.05, 0) is 25.3 Å². The Morgan fingerprint density at radius 2 is 2.35 bits per heavy atom. The molecule has 1 unspecified atom stereocenters. The van der Waals surface area contributed by atoms with Crippen molar-refractivity contribution < 1.29 is 15.0 Å². The maximum atomic E-state index is 12.2. The molecule has 0 spiro atoms. The number of aromatic nitrogens is 1. The van der Waals surface area contributed by atoms with E-state index in [1.807, 2.05) is 0 Å². The predicted molar refractivity (Wildman–Crippen MR) is 61.7 cm³/mol. The van der Waals surface area contributed by atoms with Crippen LogP contribution in [-0.4, -0.2) is 45.2 Å². The number of amides is 1. The topological polar surface area (TPSA) is 73.7 Å². The Kier molecular flexibility index (Phi) is 3.58. The molecule has 0 bridgehead atoms. The summed E-state index contributed by atoms with van der Waals surface area (Å²) < 4.78 is 0. The highest BCUT2D eigenvalue weighted by Crippen LogP contribution is 2.22. The van der Waals surface area contributed by atoms with Gasteiger partial charge in [-0.3, -0.25) is 9.78 Å². The molecule has 1 aliphatic heterocycles. The van der Waals surface area contributed by atoms with Crippen molar-refractivity contribution in [3.05, 3.63) is 24.0 Å². The number of aromatic hydroxyl groups is 1. The van der Waals surface area contributed by atoms with Crippen LogP contribution in [0, 0.1) is 0 Å². The molecule has 17 heavy (non-hydrogen) atoms. The van der Waals surface area contributed by atoms with E-state index in [0.717, 1.165) is 19.3 Å². The smallest absolute Gasteiger partial charge is 0.258 e. The molecule has 0 aromatic carbocycles. The van der Waals surface area contributed by atoms with Gasteiger partial charge in [0, 0.05) is 12.7 Å². The number of nitrogens with zero attached hydrogens (tertiary/aromatic N) is 2. The molecule has 92 valence electrons. The Balaban J connectivity index is 2.21. The fourth-order valence-electron chi connectivity index (χ4n) is 2.18. The van der Waals surface area contributed by atoms with Gasteiger partial charge in [0.2, 0.25) is 0 Å². The number of aliphatic hydroxyl groups excluding tert-OH is 1. The standard InChI is InChI=1S/C12H16N2O3/c15-8-9-3-1-2-6-14(9)12(17)10-4-5-13-7-11(10)16/h4-5,7,9,15-16H,1-3,6,8H2. The molecule has 2 rings (SSSR count). The van der Waals surface area contributed by atoms with E-state index >= 15 is 0 Å². The molecule has 1 fully saturated rings. The number of carbonyl (C=O) groups excluding carboxylic acids is 1. The Labute approximate surface area is 99.7 Å². The second kappa shape index (κ2) is 5.14. The molecular weight excluding hydrogens is 220 g/mol. The quantitative estimate of drug-likeness (QED) is 0.795. The number of hydrogen-bond acceptors (Lipinski definition) is 4. The van der Waals surface area contributed by atoms with Crippen LogP contribution in [0.5, 0.6) is 5.75 Å². The van der Waals surface area contributed by atoms with Crippen LogP contribution >= 0.6 is 0 Å². The van der Waals surface area contributed by atoms with Crippen molar-refractivity contribution in [2.75, 3.05) is 13.2 Å². The van der Waals surface area contributed by atoms with Gasteiger partial charge >= 0.3 is 0 Å². The van der Waals surface area contributed by atoms with E-state index in [9.17, 15) is 15.0 Å². The van der Waals surface area contributed by atoms with Gasteiger partial charge in [-0.25, -0.2) is 0 Å². The fraction of sp³-hybridized carbons (Fsp3) is 0.500. The van der Waals surface area contributed by atoms with E-state index < -0.39 is 0 Å². The highest BCUT2D eigenvalue weighted by atomic mass is 16.3. The maximum absolute atomic E-state index is 12.2. The highest BCUT2D eigenvalue weighted by molar-refractivity contribution is 5.96. The first kappa shape index (κ1) is 11.9. The second-order valence-electron chi connectivity index (χ2n) is 4.22. The first-order chi connectivity index (χ1) is 8.24. The Morgan fingerprint density at radius 1 is 1.53 bits per heavy atom. The number of carbonyl (C=O) groups is 1. The molecule has 5 heteroatoms. The number of rotatable bonds is 2. The van der Waals surface area contributed by atoms with Gasteiger partial charge in [-0.1, -0.05) is 0 Å². The average Bonchev–Trinajstić information content (AvgIpc) is 2.38. The summed E-state index contributed by atoms with van der Waals surface area (Å²) in [5, 5.41) is 18.9. The van der Waals surface area contributed by atoms with Crippen molar-refractivity contribution in [2.45, 2.75) is 25.3 Å². The van der Waals surface area contributed by atoms with Crippen LogP contribution < -0.4 is 0 Å². The highest BCUT2D eigenvalue weighted by Gasteiger charge is 2.28. The van der Waals surface area contributed by atoms with Crippen LogP contribution in [0.25, 0.3) is 0 Å². The summed E-state index contributed by atoms with van der Waals surface area (Å²) in [4.78, 5) is 17.6. The number of hydrogen-bond donors (Lipinski definition) is 2. The van der Waals surface area contributed by atoms with Crippen molar-refractivity contribution in [3.63, 3.8) is 0 Å². The van der Waals surface area contributed by atoms with Gasteiger partial charge in [0.1, 0.15) is 5.75 Å². The molecule has 1 aliphatic rings. The van der Waals surface area contributed by atoms with Gasteiger partial charge in [0.15, 0.2) is 0 Å². The minimum absolute atomic E-state index is 0.0302. The van der Waals surface area contributed by atoms with Crippen molar-refractivity contribution in [1.29, 1.82) is 0 Å². The predicted octanol–water partition coefficient (Wildman–Crippen LogP) is 0.774. The van der Waals surface area contributed by atoms with Crippen LogP contribution in [0.2, 0.25) is 0 Å². The Hall–Kier alpha value is -1.62. The zero-order chi connectivity index (χ0) is 12.3. The fourth-order valence-corrected chi connectivity index (χ4v) is 2.18. The lowest BCUT2D eigenvalue weighted by Gasteiger charge is -2.34. The first-order valence-corrected chi connectivity index (χ1v) is 5.79. The normalized spacial score (nSPS) is 20.3. The van der Waals surface area contributed by atoms with Crippen molar-refractivity contribution >= 4 is 5.91 Å². The first-order valence-electron chi connectivity index (χ1n) is 5.79. The van der Waals surface area contributed by atoms with Gasteiger partial charge in [-0.15, -0.1) is 0 Å². The van der Waals surface area contributed by atoms with E-state index in [2.05, 4.69) is 4.98 Å². The Morgan fingerprint density at radius 3 is 3.06 bits per heavy atom. The minimum atomic E-state index is -0.233. The molecule has 2 heterocycles. The minimum Gasteiger partial charge on any atom is -0.505 e. The molecule has 5 nitrogen and oxygen atoms in total. The molecule has 2 N–H and O–H groups in total. The van der Waals surface area contributed by atoms with Crippen LogP contribution in [0.4, 0.5) is 0 Å². The summed E-state index contributed by atoms with van der Waals surface area (Å²) in [7, 11) is 0. The SMILES string of the molecule is O=C(c1ccncc1O)N1CCCCC1CO. The van der Waals surface area contributed by atoms with Crippen molar-refractivity contribution in [2.24, 2.45) is 0 Å². The molecule has 1 aromatic heterocycles.